The number of aromatic nitrogens is 1. The summed E-state index contributed by atoms with van der Waals surface area (Å²) in [4.78, 5) is 3.44. The zero-order valence-electron chi connectivity index (χ0n) is 12.2. The summed E-state index contributed by atoms with van der Waals surface area (Å²) in [6, 6.07) is 8.47. The summed E-state index contributed by atoms with van der Waals surface area (Å²) in [5.41, 5.74) is 9.83. The summed E-state index contributed by atoms with van der Waals surface area (Å²) in [6.07, 6.45) is 1.10. The fourth-order valence-electron chi connectivity index (χ4n) is 2.30. The first-order chi connectivity index (χ1) is 9.03. The standard InChI is InChI=1S/C16H25N3/c1-12-14(10-18-9-8-16(2,3)11-17)13-6-4-5-7-15(13)19-12/h4-7,18-19H,8-11,17H2,1-3H3. The Bertz CT molecular complexity index is 540. The molecule has 1 aromatic carbocycles. The molecule has 0 aliphatic rings. The zero-order valence-corrected chi connectivity index (χ0v) is 12.2. The molecule has 2 rings (SSSR count). The number of aromatic amines is 1. The largest absolute Gasteiger partial charge is 0.358 e. The van der Waals surface area contributed by atoms with Crippen LogP contribution in [0.25, 0.3) is 10.9 Å². The average Bonchev–Trinajstić information content (AvgIpc) is 2.71. The molecular formula is C16H25N3. The van der Waals surface area contributed by atoms with Gasteiger partial charge < -0.3 is 16.0 Å². The average molecular weight is 259 g/mol. The molecule has 0 atom stereocenters. The van der Waals surface area contributed by atoms with Gasteiger partial charge in [-0.3, -0.25) is 0 Å². The van der Waals surface area contributed by atoms with E-state index >= 15 is 0 Å². The number of nitrogens with two attached hydrogens (primary N) is 1. The van der Waals surface area contributed by atoms with Crippen molar-refractivity contribution in [1.29, 1.82) is 0 Å². The summed E-state index contributed by atoms with van der Waals surface area (Å²) >= 11 is 0. The Morgan fingerprint density at radius 2 is 2.00 bits per heavy atom. The van der Waals surface area contributed by atoms with Crippen molar-refractivity contribution in [3.8, 4) is 0 Å². The number of benzene rings is 1. The number of hydrogen-bond donors (Lipinski definition) is 3. The molecule has 0 saturated carbocycles. The highest BCUT2D eigenvalue weighted by atomic mass is 14.9. The lowest BCUT2D eigenvalue weighted by Crippen LogP contribution is -2.28. The van der Waals surface area contributed by atoms with Crippen molar-refractivity contribution in [2.45, 2.75) is 33.7 Å². The molecule has 0 bridgehead atoms. The number of hydrogen-bond acceptors (Lipinski definition) is 2. The molecule has 104 valence electrons. The van der Waals surface area contributed by atoms with Crippen molar-refractivity contribution in [3.63, 3.8) is 0 Å². The zero-order chi connectivity index (χ0) is 13.9. The Balaban J connectivity index is 1.97. The van der Waals surface area contributed by atoms with Gasteiger partial charge in [0, 0.05) is 23.1 Å². The second kappa shape index (κ2) is 5.76. The second-order valence-corrected chi connectivity index (χ2v) is 6.07. The molecule has 3 heteroatoms. The van der Waals surface area contributed by atoms with Crippen LogP contribution in [0.5, 0.6) is 0 Å². The Morgan fingerprint density at radius 3 is 2.74 bits per heavy atom. The van der Waals surface area contributed by atoms with Crippen LogP contribution in [0.4, 0.5) is 0 Å². The Labute approximate surface area is 115 Å². The van der Waals surface area contributed by atoms with Crippen LogP contribution in [0.15, 0.2) is 24.3 Å². The van der Waals surface area contributed by atoms with Crippen molar-refractivity contribution in [2.24, 2.45) is 11.1 Å². The van der Waals surface area contributed by atoms with Crippen LogP contribution in [0.3, 0.4) is 0 Å². The van der Waals surface area contributed by atoms with Gasteiger partial charge in [-0.05, 0) is 43.5 Å². The molecule has 1 heterocycles. The number of rotatable bonds is 6. The maximum atomic E-state index is 5.75. The van der Waals surface area contributed by atoms with Crippen molar-refractivity contribution < 1.29 is 0 Å². The van der Waals surface area contributed by atoms with Crippen molar-refractivity contribution in [3.05, 3.63) is 35.5 Å². The minimum Gasteiger partial charge on any atom is -0.358 e. The highest BCUT2D eigenvalue weighted by molar-refractivity contribution is 5.84. The first kappa shape index (κ1) is 14.1. The van der Waals surface area contributed by atoms with Gasteiger partial charge in [-0.1, -0.05) is 32.0 Å². The smallest absolute Gasteiger partial charge is 0.0459 e. The summed E-state index contributed by atoms with van der Waals surface area (Å²) in [7, 11) is 0. The summed E-state index contributed by atoms with van der Waals surface area (Å²) < 4.78 is 0. The third-order valence-corrected chi connectivity index (χ3v) is 3.86. The fourth-order valence-corrected chi connectivity index (χ4v) is 2.30. The van der Waals surface area contributed by atoms with Crippen LogP contribution in [-0.4, -0.2) is 18.1 Å². The lowest BCUT2D eigenvalue weighted by atomic mass is 9.90. The molecule has 0 spiro atoms. The maximum absolute atomic E-state index is 5.75. The van der Waals surface area contributed by atoms with Gasteiger partial charge in [0.15, 0.2) is 0 Å². The van der Waals surface area contributed by atoms with Gasteiger partial charge >= 0.3 is 0 Å². The molecule has 4 N–H and O–H groups in total. The van der Waals surface area contributed by atoms with Gasteiger partial charge in [0.05, 0.1) is 0 Å². The van der Waals surface area contributed by atoms with Crippen LogP contribution in [0.1, 0.15) is 31.5 Å². The minimum absolute atomic E-state index is 0.224. The van der Waals surface area contributed by atoms with Crippen molar-refractivity contribution in [1.82, 2.24) is 10.3 Å². The topological polar surface area (TPSA) is 53.8 Å². The van der Waals surface area contributed by atoms with Crippen LogP contribution >= 0.6 is 0 Å². The van der Waals surface area contributed by atoms with E-state index in [4.69, 9.17) is 5.73 Å². The van der Waals surface area contributed by atoms with E-state index in [9.17, 15) is 0 Å². The van der Waals surface area contributed by atoms with E-state index < -0.39 is 0 Å². The fraction of sp³-hybridized carbons (Fsp3) is 0.500. The molecule has 0 amide bonds. The lowest BCUT2D eigenvalue weighted by Gasteiger charge is -2.22. The first-order valence-electron chi connectivity index (χ1n) is 7.00. The number of para-hydroxylation sites is 1. The maximum Gasteiger partial charge on any atom is 0.0459 e. The van der Waals surface area contributed by atoms with E-state index in [0.29, 0.717) is 0 Å². The Kier molecular flexibility index (Phi) is 4.27. The van der Waals surface area contributed by atoms with Gasteiger partial charge in [0.1, 0.15) is 0 Å². The molecule has 0 saturated heterocycles. The van der Waals surface area contributed by atoms with E-state index in [2.05, 4.69) is 55.3 Å². The first-order valence-corrected chi connectivity index (χ1v) is 7.00. The van der Waals surface area contributed by atoms with Gasteiger partial charge in [-0.2, -0.15) is 0 Å². The predicted octanol–water partition coefficient (Wildman–Crippen LogP) is 2.94. The number of nitrogens with one attached hydrogen (secondary N) is 2. The molecule has 0 radical (unpaired) electrons. The van der Waals surface area contributed by atoms with Gasteiger partial charge in [-0.25, -0.2) is 0 Å². The Hall–Kier alpha value is -1.32. The monoisotopic (exact) mass is 259 g/mol. The minimum atomic E-state index is 0.224. The molecule has 0 unspecified atom stereocenters. The highest BCUT2D eigenvalue weighted by Gasteiger charge is 2.14. The number of aryl methyl sites for hydroxylation is 1. The molecule has 0 fully saturated rings. The van der Waals surface area contributed by atoms with Crippen molar-refractivity contribution >= 4 is 10.9 Å². The number of fused-ring (bicyclic) bond motifs is 1. The SMILES string of the molecule is Cc1[nH]c2ccccc2c1CNCCC(C)(C)CN. The second-order valence-electron chi connectivity index (χ2n) is 6.07. The third-order valence-electron chi connectivity index (χ3n) is 3.86. The molecular weight excluding hydrogens is 234 g/mol. The van der Waals surface area contributed by atoms with E-state index in [1.54, 1.807) is 0 Å². The van der Waals surface area contributed by atoms with Gasteiger partial charge in [0.2, 0.25) is 0 Å². The van der Waals surface area contributed by atoms with Crippen LogP contribution in [0.2, 0.25) is 0 Å². The van der Waals surface area contributed by atoms with Crippen LogP contribution in [-0.2, 0) is 6.54 Å². The predicted molar refractivity (Wildman–Crippen MR) is 82.2 cm³/mol. The van der Waals surface area contributed by atoms with E-state index in [1.165, 1.54) is 22.2 Å². The van der Waals surface area contributed by atoms with Gasteiger partial charge in [0.25, 0.3) is 0 Å². The normalized spacial score (nSPS) is 12.2. The van der Waals surface area contributed by atoms with E-state index in [-0.39, 0.29) is 5.41 Å². The van der Waals surface area contributed by atoms with Gasteiger partial charge in [-0.15, -0.1) is 0 Å². The molecule has 1 aromatic heterocycles. The van der Waals surface area contributed by atoms with Crippen molar-refractivity contribution in [2.75, 3.05) is 13.1 Å². The summed E-state index contributed by atoms with van der Waals surface area (Å²) in [5.74, 6) is 0. The van der Waals surface area contributed by atoms with Crippen LogP contribution in [0, 0.1) is 12.3 Å². The molecule has 0 aliphatic carbocycles. The van der Waals surface area contributed by atoms with E-state index in [0.717, 1.165) is 26.1 Å². The number of H-pyrrole nitrogens is 1. The molecule has 2 aromatic rings. The van der Waals surface area contributed by atoms with E-state index in [1.807, 2.05) is 0 Å². The third kappa shape index (κ3) is 3.37. The molecule has 3 nitrogen and oxygen atoms in total. The molecule has 0 aliphatic heterocycles. The summed E-state index contributed by atoms with van der Waals surface area (Å²) in [5, 5.41) is 4.86. The Morgan fingerprint density at radius 1 is 1.26 bits per heavy atom. The highest BCUT2D eigenvalue weighted by Crippen LogP contribution is 2.22. The lowest BCUT2D eigenvalue weighted by molar-refractivity contribution is 0.339. The molecule has 19 heavy (non-hydrogen) atoms. The summed E-state index contributed by atoms with van der Waals surface area (Å²) in [6.45, 7) is 9.22. The van der Waals surface area contributed by atoms with Crippen LogP contribution < -0.4 is 11.1 Å². The quantitative estimate of drug-likeness (QED) is 0.699.